The lowest BCUT2D eigenvalue weighted by Gasteiger charge is -2.21. The van der Waals surface area contributed by atoms with E-state index in [4.69, 9.17) is 23.3 Å². The van der Waals surface area contributed by atoms with Gasteiger partial charge in [0.2, 0.25) is 0 Å². The third-order valence-electron chi connectivity index (χ3n) is 12.3. The lowest BCUT2D eigenvalue weighted by molar-refractivity contribution is -0.161. The van der Waals surface area contributed by atoms with Gasteiger partial charge in [-0.2, -0.15) is 0 Å². The lowest BCUT2D eigenvalue weighted by Crippen LogP contribution is -2.30. The van der Waals surface area contributed by atoms with Crippen LogP contribution in [0.3, 0.4) is 0 Å². The van der Waals surface area contributed by atoms with Crippen LogP contribution in [0.1, 0.15) is 252 Å². The van der Waals surface area contributed by atoms with Crippen molar-refractivity contribution in [2.24, 2.45) is 0 Å². The maximum absolute atomic E-state index is 12.9. The molecule has 0 aliphatic rings. The number of aliphatic hydroxyl groups excluding tert-OH is 1. The number of carbonyl (C=O) groups excluding carboxylic acids is 3. The molecule has 0 spiro atoms. The summed E-state index contributed by atoms with van der Waals surface area (Å²) in [6.07, 6.45) is 64.1. The quantitative estimate of drug-likeness (QED) is 0.0197. The molecule has 0 aromatic heterocycles. The first-order valence-corrected chi connectivity index (χ1v) is 31.0. The van der Waals surface area contributed by atoms with Crippen molar-refractivity contribution in [3.8, 4) is 0 Å². The number of phosphoric acid groups is 1. The summed E-state index contributed by atoms with van der Waals surface area (Å²) in [4.78, 5) is 48.5. The molecule has 2 N–H and O–H groups in total. The molecule has 12 heteroatoms. The molecule has 0 saturated heterocycles. The first-order chi connectivity index (χ1) is 36.2. The van der Waals surface area contributed by atoms with Gasteiger partial charge >= 0.3 is 25.7 Å². The maximum Gasteiger partial charge on any atom is 0.472 e. The first kappa shape index (κ1) is 70.7. The Morgan fingerprint density at radius 2 is 0.743 bits per heavy atom. The summed E-state index contributed by atoms with van der Waals surface area (Å²) in [7, 11) is -4.77. The predicted molar refractivity (Wildman–Crippen MR) is 307 cm³/mol. The van der Waals surface area contributed by atoms with Gasteiger partial charge in [-0.25, -0.2) is 4.57 Å². The maximum atomic E-state index is 12.9. The van der Waals surface area contributed by atoms with Crippen molar-refractivity contribution in [1.82, 2.24) is 0 Å². The number of phosphoric ester groups is 1. The van der Waals surface area contributed by atoms with Crippen molar-refractivity contribution < 1.29 is 52.2 Å². The fourth-order valence-corrected chi connectivity index (χ4v) is 8.63. The molecule has 0 aromatic carbocycles. The van der Waals surface area contributed by atoms with E-state index in [9.17, 15) is 28.9 Å². The number of rotatable bonds is 54. The van der Waals surface area contributed by atoms with E-state index in [2.05, 4.69) is 93.7 Å². The number of esters is 3. The van der Waals surface area contributed by atoms with Crippen LogP contribution in [0.25, 0.3) is 0 Å². The minimum atomic E-state index is -4.77. The van der Waals surface area contributed by atoms with E-state index in [1.165, 1.54) is 83.5 Å². The molecule has 0 radical (unpaired) electrons. The van der Waals surface area contributed by atoms with E-state index in [0.29, 0.717) is 25.7 Å². The summed E-state index contributed by atoms with van der Waals surface area (Å²) in [5.41, 5.74) is 0. The molecule has 0 saturated carbocycles. The van der Waals surface area contributed by atoms with Crippen molar-refractivity contribution >= 4 is 25.7 Å². The van der Waals surface area contributed by atoms with Crippen LogP contribution in [-0.2, 0) is 42.2 Å². The molecule has 74 heavy (non-hydrogen) atoms. The number of allylic oxidation sites excluding steroid dienone is 14. The number of aliphatic hydroxyl groups is 1. The molecule has 0 fully saturated rings. The smallest absolute Gasteiger partial charge is 0.462 e. The summed E-state index contributed by atoms with van der Waals surface area (Å²) in [5.74, 6) is -1.55. The van der Waals surface area contributed by atoms with E-state index in [-0.39, 0.29) is 25.9 Å². The third-order valence-corrected chi connectivity index (χ3v) is 13.2. The fraction of sp³-hybridized carbons (Fsp3) is 0.726. The highest BCUT2D eigenvalue weighted by Gasteiger charge is 2.28. The summed E-state index contributed by atoms with van der Waals surface area (Å²) in [5, 5.41) is 9.83. The number of ether oxygens (including phenoxy) is 3. The van der Waals surface area contributed by atoms with Crippen LogP contribution in [0.15, 0.2) is 85.1 Å². The van der Waals surface area contributed by atoms with Crippen LogP contribution < -0.4 is 0 Å². The van der Waals surface area contributed by atoms with Crippen molar-refractivity contribution in [3.63, 3.8) is 0 Å². The number of hydrogen-bond donors (Lipinski definition) is 2. The van der Waals surface area contributed by atoms with Gasteiger partial charge in [0.15, 0.2) is 6.10 Å². The average Bonchev–Trinajstić information content (AvgIpc) is 3.39. The van der Waals surface area contributed by atoms with Gasteiger partial charge in [0.05, 0.1) is 19.8 Å². The Balaban J connectivity index is 4.76. The Labute approximate surface area is 451 Å². The molecule has 0 rings (SSSR count). The molecule has 11 nitrogen and oxygen atoms in total. The third kappa shape index (κ3) is 53.5. The minimum Gasteiger partial charge on any atom is -0.462 e. The minimum absolute atomic E-state index is 0.0842. The van der Waals surface area contributed by atoms with Crippen LogP contribution in [0.4, 0.5) is 0 Å². The molecule has 3 unspecified atom stereocenters. The van der Waals surface area contributed by atoms with Gasteiger partial charge in [0.1, 0.15) is 12.7 Å². The van der Waals surface area contributed by atoms with E-state index in [1.807, 2.05) is 12.2 Å². The van der Waals surface area contributed by atoms with Crippen LogP contribution in [0.5, 0.6) is 0 Å². The molecule has 0 bridgehead atoms. The Hall–Kier alpha value is -3.34. The Morgan fingerprint density at radius 1 is 0.392 bits per heavy atom. The van der Waals surface area contributed by atoms with Crippen molar-refractivity contribution in [3.05, 3.63) is 85.1 Å². The molecule has 0 heterocycles. The van der Waals surface area contributed by atoms with E-state index in [0.717, 1.165) is 103 Å². The molecule has 0 aromatic rings. The molecular weight excluding hydrogens is 952 g/mol. The van der Waals surface area contributed by atoms with Gasteiger partial charge < -0.3 is 24.2 Å². The van der Waals surface area contributed by atoms with Crippen LogP contribution in [-0.4, -0.2) is 66.5 Å². The average molecular weight is 1060 g/mol. The van der Waals surface area contributed by atoms with Gasteiger partial charge in [0, 0.05) is 19.3 Å². The monoisotopic (exact) mass is 1060 g/mol. The lowest BCUT2D eigenvalue weighted by atomic mass is 10.0. The number of carbonyl (C=O) groups is 3. The summed E-state index contributed by atoms with van der Waals surface area (Å²) >= 11 is 0. The Morgan fingerprint density at radius 3 is 1.19 bits per heavy atom. The summed E-state index contributed by atoms with van der Waals surface area (Å²) < 4.78 is 39.5. The fourth-order valence-electron chi connectivity index (χ4n) is 7.84. The van der Waals surface area contributed by atoms with E-state index < -0.39 is 57.8 Å². The molecular formula is C62H107O11P. The zero-order valence-electron chi connectivity index (χ0n) is 47.0. The SMILES string of the molecule is CC/C=C\C/C=C\C/C=C\C/C=C\C/C=C\CCCC(=O)OC(COC(=O)CCCCCCC/C=C\C/C=C\CCC)COP(=O)(O)OCC(CO)OC(=O)CCCCCCCCCCCCCCCCCCC. The Kier molecular flexibility index (Phi) is 53.4. The van der Waals surface area contributed by atoms with Crippen LogP contribution in [0, 0.1) is 0 Å². The highest BCUT2D eigenvalue weighted by atomic mass is 31.2. The van der Waals surface area contributed by atoms with Gasteiger partial charge in [-0.15, -0.1) is 0 Å². The predicted octanol–water partition coefficient (Wildman–Crippen LogP) is 17.5. The molecule has 3 atom stereocenters. The van der Waals surface area contributed by atoms with E-state index in [1.54, 1.807) is 0 Å². The van der Waals surface area contributed by atoms with Gasteiger partial charge in [-0.05, 0) is 83.5 Å². The van der Waals surface area contributed by atoms with Gasteiger partial charge in [-0.1, -0.05) is 234 Å². The standard InChI is InChI=1S/C62H107O11P/c1-4-7-10-13-16-19-22-25-27-29-31-34-37-40-43-46-49-52-61(65)72-58(54-63)56-70-74(67,68)71-57-59(55-69-60(64)51-48-45-42-39-36-33-24-21-18-15-12-9-6-3)73-62(66)53-50-47-44-41-38-35-32-30-28-26-23-20-17-14-11-8-5-2/h8,11-12,15,17,20-21,24,26,28,32,35,41,44,58-59,63H,4-7,9-10,13-14,16,18-19,22-23,25,27,29-31,33-34,36-40,42-43,45-57H2,1-3H3,(H,67,68)/b11-8-,15-12-,20-17-,24-21-,28-26-,35-32-,44-41-. The van der Waals surface area contributed by atoms with Crippen LogP contribution in [0.2, 0.25) is 0 Å². The highest BCUT2D eigenvalue weighted by molar-refractivity contribution is 7.47. The highest BCUT2D eigenvalue weighted by Crippen LogP contribution is 2.43. The second-order valence-electron chi connectivity index (χ2n) is 19.4. The Bertz CT molecular complexity index is 1560. The topological polar surface area (TPSA) is 155 Å². The van der Waals surface area contributed by atoms with E-state index >= 15 is 0 Å². The molecule has 426 valence electrons. The van der Waals surface area contributed by atoms with Gasteiger partial charge in [0.25, 0.3) is 0 Å². The van der Waals surface area contributed by atoms with Crippen LogP contribution >= 0.6 is 7.82 Å². The number of hydrogen-bond acceptors (Lipinski definition) is 10. The largest absolute Gasteiger partial charge is 0.472 e. The second kappa shape index (κ2) is 55.9. The summed E-state index contributed by atoms with van der Waals surface area (Å²) in [6, 6.07) is 0. The molecule has 0 aliphatic heterocycles. The van der Waals surface area contributed by atoms with Crippen molar-refractivity contribution in [1.29, 1.82) is 0 Å². The van der Waals surface area contributed by atoms with Crippen molar-refractivity contribution in [2.45, 2.75) is 264 Å². The summed E-state index contributed by atoms with van der Waals surface area (Å²) in [6.45, 7) is 4.40. The second-order valence-corrected chi connectivity index (χ2v) is 20.9. The zero-order valence-corrected chi connectivity index (χ0v) is 47.9. The normalized spacial score (nSPS) is 14.0. The first-order valence-electron chi connectivity index (χ1n) is 29.5. The zero-order chi connectivity index (χ0) is 54.1. The number of unbranched alkanes of at least 4 members (excludes halogenated alkanes) is 23. The molecule has 0 amide bonds. The van der Waals surface area contributed by atoms with Crippen molar-refractivity contribution in [2.75, 3.05) is 26.4 Å². The van der Waals surface area contributed by atoms with Gasteiger partial charge in [-0.3, -0.25) is 23.4 Å². The molecule has 0 aliphatic carbocycles.